The Bertz CT molecular complexity index is 516. The highest BCUT2D eigenvalue weighted by Gasteiger charge is 2.42. The van der Waals surface area contributed by atoms with Gasteiger partial charge in [-0.05, 0) is 30.0 Å². The van der Waals surface area contributed by atoms with E-state index in [0.717, 1.165) is 13.1 Å². The predicted octanol–water partition coefficient (Wildman–Crippen LogP) is 2.77. The molecule has 3 heteroatoms. The van der Waals surface area contributed by atoms with Crippen LogP contribution in [0.4, 0.5) is 0 Å². The van der Waals surface area contributed by atoms with Crippen molar-refractivity contribution in [2.24, 2.45) is 0 Å². The molecule has 1 saturated heterocycles. The second-order valence-corrected chi connectivity index (χ2v) is 5.24. The lowest BCUT2D eigenvalue weighted by Crippen LogP contribution is -2.24. The molecule has 1 aromatic heterocycles. The van der Waals surface area contributed by atoms with Crippen molar-refractivity contribution in [1.29, 1.82) is 0 Å². The number of aromatic nitrogens is 2. The van der Waals surface area contributed by atoms with E-state index in [1.54, 1.807) is 11.1 Å². The zero-order valence-corrected chi connectivity index (χ0v) is 10.4. The highest BCUT2D eigenvalue weighted by molar-refractivity contribution is 5.39. The third-order valence-corrected chi connectivity index (χ3v) is 4.37. The summed E-state index contributed by atoms with van der Waals surface area (Å²) in [6.45, 7) is 2.10. The van der Waals surface area contributed by atoms with Crippen LogP contribution in [0.1, 0.15) is 36.1 Å². The predicted molar refractivity (Wildman–Crippen MR) is 70.1 cm³/mol. The Hall–Kier alpha value is -1.61. The Morgan fingerprint density at radius 2 is 1.72 bits per heavy atom. The molecule has 2 atom stereocenters. The number of benzene rings is 1. The van der Waals surface area contributed by atoms with Crippen LogP contribution in [0, 0.1) is 0 Å². The molecule has 2 aliphatic heterocycles. The van der Waals surface area contributed by atoms with Gasteiger partial charge in [0.25, 0.3) is 0 Å². The zero-order valence-electron chi connectivity index (χ0n) is 10.4. The van der Waals surface area contributed by atoms with Gasteiger partial charge in [0.05, 0.1) is 6.54 Å². The van der Waals surface area contributed by atoms with E-state index in [0.29, 0.717) is 12.1 Å². The van der Waals surface area contributed by atoms with Gasteiger partial charge in [0.1, 0.15) is 0 Å². The summed E-state index contributed by atoms with van der Waals surface area (Å²) in [4.78, 5) is 2.66. The van der Waals surface area contributed by atoms with Crippen molar-refractivity contribution >= 4 is 0 Å². The average Bonchev–Trinajstić information content (AvgIpc) is 3.12. The number of nitrogens with zero attached hydrogens (tertiary/aromatic N) is 3. The summed E-state index contributed by atoms with van der Waals surface area (Å²) in [5.41, 5.74) is 3.13. The number of hydrogen-bond donors (Lipinski definition) is 0. The maximum absolute atomic E-state index is 4.29. The summed E-state index contributed by atoms with van der Waals surface area (Å²) >= 11 is 0. The molecule has 2 bridgehead atoms. The molecule has 2 aliphatic rings. The van der Waals surface area contributed by atoms with Gasteiger partial charge in [-0.2, -0.15) is 5.10 Å². The molecular weight excluding hydrogens is 222 g/mol. The van der Waals surface area contributed by atoms with Gasteiger partial charge in [0, 0.05) is 31.0 Å². The number of hydrogen-bond acceptors (Lipinski definition) is 2. The monoisotopic (exact) mass is 239 g/mol. The Labute approximate surface area is 107 Å². The minimum atomic E-state index is 0.654. The van der Waals surface area contributed by atoms with Crippen molar-refractivity contribution in [1.82, 2.24) is 14.7 Å². The quantitative estimate of drug-likeness (QED) is 0.821. The summed E-state index contributed by atoms with van der Waals surface area (Å²) in [7, 11) is 0. The summed E-state index contributed by atoms with van der Waals surface area (Å²) in [5, 5.41) is 4.29. The summed E-state index contributed by atoms with van der Waals surface area (Å²) in [6, 6.07) is 12.3. The first-order chi connectivity index (χ1) is 8.93. The highest BCUT2D eigenvalue weighted by atomic mass is 15.3. The molecule has 3 heterocycles. The van der Waals surface area contributed by atoms with Crippen molar-refractivity contribution < 1.29 is 0 Å². The lowest BCUT2D eigenvalue weighted by Gasteiger charge is -2.21. The fourth-order valence-electron chi connectivity index (χ4n) is 3.61. The third kappa shape index (κ3) is 1.44. The maximum atomic E-state index is 4.29. The van der Waals surface area contributed by atoms with Crippen LogP contribution in [0.15, 0.2) is 42.7 Å². The SMILES string of the molecule is c1ccc2c(c1)C1CCC2N1CCn1cccn1. The molecule has 0 N–H and O–H groups in total. The highest BCUT2D eigenvalue weighted by Crippen LogP contribution is 2.52. The first kappa shape index (κ1) is 10.3. The van der Waals surface area contributed by atoms with Gasteiger partial charge in [-0.25, -0.2) is 0 Å². The van der Waals surface area contributed by atoms with Crippen molar-refractivity contribution in [3.8, 4) is 0 Å². The van der Waals surface area contributed by atoms with E-state index in [1.807, 2.05) is 23.1 Å². The molecule has 18 heavy (non-hydrogen) atoms. The van der Waals surface area contributed by atoms with Gasteiger partial charge in [0.15, 0.2) is 0 Å². The number of rotatable bonds is 3. The lowest BCUT2D eigenvalue weighted by molar-refractivity contribution is 0.211. The van der Waals surface area contributed by atoms with Crippen LogP contribution in [0.2, 0.25) is 0 Å². The van der Waals surface area contributed by atoms with E-state index in [4.69, 9.17) is 0 Å². The Morgan fingerprint density at radius 3 is 2.33 bits per heavy atom. The van der Waals surface area contributed by atoms with Crippen molar-refractivity contribution in [2.75, 3.05) is 6.54 Å². The van der Waals surface area contributed by atoms with Crippen molar-refractivity contribution in [3.05, 3.63) is 53.9 Å². The molecule has 1 fully saturated rings. The largest absolute Gasteiger partial charge is 0.287 e. The molecule has 1 aromatic carbocycles. The topological polar surface area (TPSA) is 21.1 Å². The van der Waals surface area contributed by atoms with Gasteiger partial charge in [-0.1, -0.05) is 24.3 Å². The van der Waals surface area contributed by atoms with Gasteiger partial charge >= 0.3 is 0 Å². The molecular formula is C15H17N3. The summed E-state index contributed by atoms with van der Waals surface area (Å²) in [5.74, 6) is 0. The molecule has 3 nitrogen and oxygen atoms in total. The van der Waals surface area contributed by atoms with Gasteiger partial charge in [-0.3, -0.25) is 9.58 Å². The van der Waals surface area contributed by atoms with E-state index < -0.39 is 0 Å². The molecule has 2 aromatic rings. The minimum absolute atomic E-state index is 0.654. The van der Waals surface area contributed by atoms with E-state index >= 15 is 0 Å². The molecule has 0 amide bonds. The molecule has 2 unspecified atom stereocenters. The third-order valence-electron chi connectivity index (χ3n) is 4.37. The Balaban J connectivity index is 1.55. The first-order valence-corrected chi connectivity index (χ1v) is 6.75. The zero-order chi connectivity index (χ0) is 11.9. The van der Waals surface area contributed by atoms with Gasteiger partial charge in [-0.15, -0.1) is 0 Å². The second-order valence-electron chi connectivity index (χ2n) is 5.24. The van der Waals surface area contributed by atoms with Crippen LogP contribution in [0.3, 0.4) is 0 Å². The minimum Gasteiger partial charge on any atom is -0.287 e. The van der Waals surface area contributed by atoms with E-state index in [-0.39, 0.29) is 0 Å². The van der Waals surface area contributed by atoms with Crippen LogP contribution >= 0.6 is 0 Å². The van der Waals surface area contributed by atoms with Crippen LogP contribution < -0.4 is 0 Å². The summed E-state index contributed by atoms with van der Waals surface area (Å²) in [6.07, 6.45) is 6.54. The van der Waals surface area contributed by atoms with Gasteiger partial charge < -0.3 is 0 Å². The second kappa shape index (κ2) is 3.95. The van der Waals surface area contributed by atoms with E-state index in [9.17, 15) is 0 Å². The lowest BCUT2D eigenvalue weighted by atomic mass is 9.92. The first-order valence-electron chi connectivity index (χ1n) is 6.75. The smallest absolute Gasteiger partial charge is 0.0536 e. The van der Waals surface area contributed by atoms with Crippen molar-refractivity contribution in [3.63, 3.8) is 0 Å². The molecule has 0 spiro atoms. The standard InChI is InChI=1S/C15H17N3/c1-2-5-13-12(4-1)14-6-7-15(13)18(14)11-10-17-9-3-8-16-17/h1-5,8-9,14-15H,6-7,10-11H2. The van der Waals surface area contributed by atoms with Gasteiger partial charge in [0.2, 0.25) is 0 Å². The van der Waals surface area contributed by atoms with E-state index in [2.05, 4.69) is 34.3 Å². The molecule has 0 aliphatic carbocycles. The fourth-order valence-corrected chi connectivity index (χ4v) is 3.61. The van der Waals surface area contributed by atoms with Crippen LogP contribution in [0.25, 0.3) is 0 Å². The normalized spacial score (nSPS) is 25.6. The maximum Gasteiger partial charge on any atom is 0.0536 e. The van der Waals surface area contributed by atoms with Crippen LogP contribution in [-0.4, -0.2) is 21.2 Å². The Kier molecular flexibility index (Phi) is 2.27. The molecule has 92 valence electrons. The average molecular weight is 239 g/mol. The van der Waals surface area contributed by atoms with Crippen LogP contribution in [-0.2, 0) is 6.54 Å². The van der Waals surface area contributed by atoms with E-state index in [1.165, 1.54) is 12.8 Å². The van der Waals surface area contributed by atoms with Crippen LogP contribution in [0.5, 0.6) is 0 Å². The molecule has 0 saturated carbocycles. The Morgan fingerprint density at radius 1 is 1.00 bits per heavy atom. The molecule has 0 radical (unpaired) electrons. The summed E-state index contributed by atoms with van der Waals surface area (Å²) < 4.78 is 2.03. The fraction of sp³-hybridized carbons (Fsp3) is 0.400. The van der Waals surface area contributed by atoms with Crippen molar-refractivity contribution in [2.45, 2.75) is 31.5 Å². The molecule has 4 rings (SSSR count). The number of fused-ring (bicyclic) bond motifs is 5.